The lowest BCUT2D eigenvalue weighted by Crippen LogP contribution is -2.63. The Labute approximate surface area is 197 Å². The van der Waals surface area contributed by atoms with Crippen LogP contribution in [0.25, 0.3) is 0 Å². The predicted molar refractivity (Wildman–Crippen MR) is 122 cm³/mol. The van der Waals surface area contributed by atoms with Gasteiger partial charge in [0.2, 0.25) is 30.1 Å². The van der Waals surface area contributed by atoms with E-state index in [4.69, 9.17) is 15.8 Å². The van der Waals surface area contributed by atoms with E-state index in [0.29, 0.717) is 12.8 Å². The summed E-state index contributed by atoms with van der Waals surface area (Å²) in [4.78, 5) is 0. The van der Waals surface area contributed by atoms with Crippen molar-refractivity contribution in [3.05, 3.63) is 0 Å². The first kappa shape index (κ1) is 31.2. The molecular formula is C18H32N6O6S3. The first-order valence-corrected chi connectivity index (χ1v) is 15.0. The van der Waals surface area contributed by atoms with Crippen molar-refractivity contribution < 1.29 is 25.3 Å². The van der Waals surface area contributed by atoms with Crippen LogP contribution < -0.4 is 14.2 Å². The van der Waals surface area contributed by atoms with Gasteiger partial charge in [-0.25, -0.2) is 39.4 Å². The molecule has 15 heteroatoms. The minimum absolute atomic E-state index is 0.0266. The number of sulfonamides is 3. The van der Waals surface area contributed by atoms with Crippen LogP contribution in [0, 0.1) is 34.0 Å². The van der Waals surface area contributed by atoms with E-state index >= 15 is 0 Å². The summed E-state index contributed by atoms with van der Waals surface area (Å²) in [6.07, 6.45) is 2.05. The molecule has 0 amide bonds. The number of hydrogen-bond acceptors (Lipinski definition) is 9. The second kappa shape index (κ2) is 15.2. The maximum absolute atomic E-state index is 13.3. The van der Waals surface area contributed by atoms with Gasteiger partial charge in [-0.1, -0.05) is 39.0 Å². The molecule has 0 spiro atoms. The highest BCUT2D eigenvalue weighted by molar-refractivity contribution is 8.24. The highest BCUT2D eigenvalue weighted by Crippen LogP contribution is 2.35. The summed E-state index contributed by atoms with van der Waals surface area (Å²) in [5, 5.41) is 26.1. The van der Waals surface area contributed by atoms with Gasteiger partial charge in [-0.2, -0.15) is 15.8 Å². The van der Waals surface area contributed by atoms with Crippen LogP contribution in [-0.2, 0) is 30.1 Å². The average Bonchev–Trinajstić information content (AvgIpc) is 2.73. The zero-order chi connectivity index (χ0) is 25.4. The number of nitrogens with one attached hydrogen (secondary N) is 3. The number of nitrogens with zero attached hydrogens (tertiary/aromatic N) is 3. The number of unbranched alkanes of at least 4 members (excludes halogenated alkanes) is 5. The molecule has 0 radical (unpaired) electrons. The Hall–Kier alpha value is -1.80. The Morgan fingerprint density at radius 1 is 0.606 bits per heavy atom. The molecule has 0 atom stereocenters. The molecule has 12 nitrogen and oxygen atoms in total. The Morgan fingerprint density at radius 3 is 1.27 bits per heavy atom. The molecule has 33 heavy (non-hydrogen) atoms. The number of hydrogen-bond donors (Lipinski definition) is 3. The number of nitriles is 3. The molecule has 0 unspecified atom stereocenters. The molecule has 0 aromatic carbocycles. The van der Waals surface area contributed by atoms with E-state index in [1.807, 2.05) is 21.1 Å². The van der Waals surface area contributed by atoms with Crippen LogP contribution in [0.2, 0.25) is 0 Å². The van der Waals surface area contributed by atoms with Crippen LogP contribution in [0.4, 0.5) is 0 Å². The van der Waals surface area contributed by atoms with Crippen LogP contribution >= 0.6 is 0 Å². The molecular weight excluding hydrogens is 492 g/mol. The lowest BCUT2D eigenvalue weighted by molar-refractivity contribution is 0.509. The lowest BCUT2D eigenvalue weighted by atomic mass is 10.1. The highest BCUT2D eigenvalue weighted by atomic mass is 32.3. The molecule has 0 rings (SSSR count). The van der Waals surface area contributed by atoms with Crippen LogP contribution in [0.5, 0.6) is 0 Å². The Morgan fingerprint density at radius 2 is 0.939 bits per heavy atom. The van der Waals surface area contributed by atoms with Gasteiger partial charge in [-0.15, -0.1) is 0 Å². The van der Waals surface area contributed by atoms with Gasteiger partial charge in [0.15, 0.2) is 0 Å². The first-order valence-electron chi connectivity index (χ1n) is 10.6. The lowest BCUT2D eigenvalue weighted by Gasteiger charge is -2.32. The van der Waals surface area contributed by atoms with E-state index in [2.05, 4.69) is 0 Å². The Kier molecular flexibility index (Phi) is 14.3. The van der Waals surface area contributed by atoms with Crippen molar-refractivity contribution in [3.63, 3.8) is 0 Å². The topological polar surface area (TPSA) is 210 Å². The molecule has 0 heterocycles. The van der Waals surface area contributed by atoms with Crippen molar-refractivity contribution in [2.24, 2.45) is 0 Å². The van der Waals surface area contributed by atoms with Gasteiger partial charge in [0.1, 0.15) is 0 Å². The monoisotopic (exact) mass is 524 g/mol. The second-order valence-electron chi connectivity index (χ2n) is 7.12. The largest absolute Gasteiger partial charge is 0.313 e. The maximum Gasteiger partial charge on any atom is 0.313 e. The van der Waals surface area contributed by atoms with E-state index in [-0.39, 0.29) is 25.7 Å². The zero-order valence-electron chi connectivity index (χ0n) is 18.7. The molecule has 3 N–H and O–H groups in total. The van der Waals surface area contributed by atoms with Crippen LogP contribution in [0.3, 0.4) is 0 Å². The summed E-state index contributed by atoms with van der Waals surface area (Å²) in [7, 11) is -15.3. The fourth-order valence-electron chi connectivity index (χ4n) is 3.01. The summed E-state index contributed by atoms with van der Waals surface area (Å²) in [6.45, 7) is 0.541. The van der Waals surface area contributed by atoms with E-state index in [0.717, 1.165) is 19.3 Å². The molecule has 188 valence electrons. The minimum atomic E-state index is -5.11. The van der Waals surface area contributed by atoms with Gasteiger partial charge in [0, 0.05) is 45.3 Å². The normalized spacial score (nSPS) is 12.5. The van der Waals surface area contributed by atoms with Crippen LogP contribution in [0.1, 0.15) is 71.1 Å². The molecule has 0 aromatic rings. The molecule has 0 aromatic heterocycles. The molecule has 0 bridgehead atoms. The third-order valence-corrected chi connectivity index (χ3v) is 13.4. The fraction of sp³-hybridized carbons (Fsp3) is 0.833. The van der Waals surface area contributed by atoms with Gasteiger partial charge in [-0.3, -0.25) is 0 Å². The van der Waals surface area contributed by atoms with Gasteiger partial charge in [0.25, 0.3) is 0 Å². The van der Waals surface area contributed by atoms with E-state index < -0.39 is 59.5 Å². The van der Waals surface area contributed by atoms with Gasteiger partial charge in [-0.05, 0) is 6.42 Å². The van der Waals surface area contributed by atoms with Crippen molar-refractivity contribution in [2.75, 3.05) is 19.6 Å². The van der Waals surface area contributed by atoms with Crippen molar-refractivity contribution in [1.29, 1.82) is 15.8 Å². The van der Waals surface area contributed by atoms with Crippen molar-refractivity contribution in [1.82, 2.24) is 14.2 Å². The molecule has 0 aliphatic rings. The van der Waals surface area contributed by atoms with Crippen molar-refractivity contribution in [2.45, 2.75) is 74.5 Å². The molecule has 0 aliphatic carbocycles. The third-order valence-electron chi connectivity index (χ3n) is 4.65. The maximum atomic E-state index is 13.3. The average molecular weight is 525 g/mol. The summed E-state index contributed by atoms with van der Waals surface area (Å²) >= 11 is 0. The molecule has 0 saturated carbocycles. The van der Waals surface area contributed by atoms with Crippen LogP contribution in [-0.4, -0.2) is 48.3 Å². The van der Waals surface area contributed by atoms with Gasteiger partial charge >= 0.3 is 3.41 Å². The molecule has 0 fully saturated rings. The molecule has 0 aliphatic heterocycles. The molecule has 0 saturated heterocycles. The summed E-state index contributed by atoms with van der Waals surface area (Å²) in [6, 6.07) is 5.09. The smallest absolute Gasteiger partial charge is 0.212 e. The van der Waals surface area contributed by atoms with E-state index in [1.54, 1.807) is 18.2 Å². The second-order valence-corrected chi connectivity index (χ2v) is 13.9. The van der Waals surface area contributed by atoms with Gasteiger partial charge < -0.3 is 0 Å². The third kappa shape index (κ3) is 8.81. The Balaban J connectivity index is 6.49. The summed E-state index contributed by atoms with van der Waals surface area (Å²) < 4.78 is 82.0. The van der Waals surface area contributed by atoms with Crippen molar-refractivity contribution >= 4 is 30.1 Å². The Bertz CT molecular complexity index is 915. The van der Waals surface area contributed by atoms with Crippen LogP contribution in [0.15, 0.2) is 0 Å². The summed E-state index contributed by atoms with van der Waals surface area (Å²) in [5.41, 5.74) is 0. The summed E-state index contributed by atoms with van der Waals surface area (Å²) in [5.74, 6) is 0. The first-order chi connectivity index (χ1) is 15.5. The standard InChI is InChI=1S/C18H32N6O6S3/c1-2-3-4-5-6-7-11-18(31(25,26)22-15-8-12-19,32(27,28)23-16-9-13-20)33(29,30)24-17-10-14-21/h22-24H,2-11,15-17H2,1H3. The van der Waals surface area contributed by atoms with Crippen molar-refractivity contribution in [3.8, 4) is 18.2 Å². The zero-order valence-corrected chi connectivity index (χ0v) is 21.2. The van der Waals surface area contributed by atoms with E-state index in [9.17, 15) is 25.3 Å². The SMILES string of the molecule is CCCCCCCCC(S(=O)(=O)NCCC#N)(S(=O)(=O)NCCC#N)S(=O)(=O)NCCC#N. The fourth-order valence-corrected chi connectivity index (χ4v) is 10.6. The quantitative estimate of drug-likeness (QED) is 0.204. The van der Waals surface area contributed by atoms with E-state index in [1.165, 1.54) is 0 Å². The predicted octanol–water partition coefficient (Wildman–Crippen LogP) is 0.890. The highest BCUT2D eigenvalue weighted by Gasteiger charge is 2.64. The van der Waals surface area contributed by atoms with Gasteiger partial charge in [0.05, 0.1) is 18.2 Å². The minimum Gasteiger partial charge on any atom is -0.212 e. The number of rotatable bonds is 19.